The van der Waals surface area contributed by atoms with Gasteiger partial charge >= 0.3 is 0 Å². The maximum absolute atomic E-state index is 13.2. The van der Waals surface area contributed by atoms with Gasteiger partial charge in [-0.3, -0.25) is 9.59 Å². The fourth-order valence-electron chi connectivity index (χ4n) is 3.49. The van der Waals surface area contributed by atoms with E-state index in [4.69, 9.17) is 21.1 Å². The fourth-order valence-corrected chi connectivity index (χ4v) is 3.62. The standard InChI is InChI=1S/C24H19ClN2O4/c1-30-18-12-19(31-2)21(23(28)24(29)27-16-6-4-3-5-7-16)22-20(18)17(13-26-22)14-8-10-15(25)11-9-14/h3-13,26H,1-2H3,(H,27,29). The second-order valence-corrected chi connectivity index (χ2v) is 7.20. The van der Waals surface area contributed by atoms with Crippen LogP contribution in [0.4, 0.5) is 5.69 Å². The van der Waals surface area contributed by atoms with Gasteiger partial charge in [0.05, 0.1) is 30.7 Å². The fraction of sp³-hybridized carbons (Fsp3) is 0.0833. The highest BCUT2D eigenvalue weighted by atomic mass is 35.5. The first-order valence-corrected chi connectivity index (χ1v) is 9.84. The van der Waals surface area contributed by atoms with E-state index in [1.165, 1.54) is 14.2 Å². The van der Waals surface area contributed by atoms with E-state index in [0.717, 1.165) is 11.1 Å². The molecule has 31 heavy (non-hydrogen) atoms. The van der Waals surface area contributed by atoms with Crippen LogP contribution in [0.3, 0.4) is 0 Å². The van der Waals surface area contributed by atoms with Crippen LogP contribution in [0.2, 0.25) is 5.02 Å². The summed E-state index contributed by atoms with van der Waals surface area (Å²) in [6.07, 6.45) is 1.77. The number of benzene rings is 3. The number of halogens is 1. The average Bonchev–Trinajstić information content (AvgIpc) is 3.23. The number of hydrogen-bond acceptors (Lipinski definition) is 4. The number of ketones is 1. The van der Waals surface area contributed by atoms with Gasteiger partial charge in [0.2, 0.25) is 0 Å². The summed E-state index contributed by atoms with van der Waals surface area (Å²) in [5.74, 6) is -0.739. The molecule has 156 valence electrons. The summed E-state index contributed by atoms with van der Waals surface area (Å²) in [5, 5.41) is 3.91. The molecule has 4 rings (SSSR count). The summed E-state index contributed by atoms with van der Waals surface area (Å²) < 4.78 is 11.0. The topological polar surface area (TPSA) is 80.4 Å². The van der Waals surface area contributed by atoms with Gasteiger partial charge in [-0.15, -0.1) is 0 Å². The predicted molar refractivity (Wildman–Crippen MR) is 121 cm³/mol. The molecule has 1 aromatic heterocycles. The Balaban J connectivity index is 1.85. The molecule has 6 nitrogen and oxygen atoms in total. The Bertz CT molecular complexity index is 1260. The molecule has 2 N–H and O–H groups in total. The van der Waals surface area contributed by atoms with Crippen molar-refractivity contribution in [1.82, 2.24) is 4.98 Å². The maximum Gasteiger partial charge on any atom is 0.296 e. The molecule has 0 saturated heterocycles. The molecule has 1 amide bonds. The first-order chi connectivity index (χ1) is 15.0. The first-order valence-electron chi connectivity index (χ1n) is 9.46. The Hall–Kier alpha value is -3.77. The number of amides is 1. The molecule has 0 aliphatic rings. The number of nitrogens with one attached hydrogen (secondary N) is 2. The van der Waals surface area contributed by atoms with Crippen LogP contribution in [0.1, 0.15) is 10.4 Å². The van der Waals surface area contributed by atoms with Crippen molar-refractivity contribution in [3.05, 3.63) is 77.4 Å². The minimum Gasteiger partial charge on any atom is -0.496 e. The second-order valence-electron chi connectivity index (χ2n) is 6.76. The summed E-state index contributed by atoms with van der Waals surface area (Å²) in [6, 6.07) is 17.7. The zero-order valence-corrected chi connectivity index (χ0v) is 17.6. The lowest BCUT2D eigenvalue weighted by Gasteiger charge is -2.13. The van der Waals surface area contributed by atoms with E-state index in [2.05, 4.69) is 10.3 Å². The Kier molecular flexibility index (Phi) is 5.64. The van der Waals surface area contributed by atoms with Gasteiger partial charge in [-0.25, -0.2) is 0 Å². The number of carbonyl (C=O) groups is 2. The first kappa shape index (κ1) is 20.5. The van der Waals surface area contributed by atoms with Crippen LogP contribution in [-0.4, -0.2) is 30.9 Å². The molecule has 0 radical (unpaired) electrons. The van der Waals surface area contributed by atoms with Crippen molar-refractivity contribution in [3.63, 3.8) is 0 Å². The van der Waals surface area contributed by atoms with Crippen LogP contribution in [0.15, 0.2) is 66.9 Å². The SMILES string of the molecule is COc1cc(OC)c2c(-c3ccc(Cl)cc3)c[nH]c2c1C(=O)C(=O)Nc1ccccc1. The third-order valence-corrected chi connectivity index (χ3v) is 5.20. The number of Topliss-reactive ketones (excluding diaryl/α,β-unsaturated/α-hetero) is 1. The Labute approximate surface area is 183 Å². The van der Waals surface area contributed by atoms with Gasteiger partial charge in [-0.2, -0.15) is 0 Å². The highest BCUT2D eigenvalue weighted by Gasteiger charge is 2.27. The van der Waals surface area contributed by atoms with Crippen LogP contribution in [0.25, 0.3) is 22.0 Å². The van der Waals surface area contributed by atoms with Gasteiger partial charge in [0.15, 0.2) is 0 Å². The van der Waals surface area contributed by atoms with Gasteiger partial charge in [0.25, 0.3) is 11.7 Å². The number of carbonyl (C=O) groups excluding carboxylic acids is 2. The van der Waals surface area contributed by atoms with Crippen molar-refractivity contribution >= 4 is 39.9 Å². The van der Waals surface area contributed by atoms with Crippen molar-refractivity contribution in [2.45, 2.75) is 0 Å². The number of aromatic nitrogens is 1. The lowest BCUT2D eigenvalue weighted by atomic mass is 9.99. The van der Waals surface area contributed by atoms with Gasteiger partial charge in [-0.05, 0) is 29.8 Å². The summed E-state index contributed by atoms with van der Waals surface area (Å²) in [4.78, 5) is 29.0. The molecule has 0 bridgehead atoms. The Morgan fingerprint density at radius 1 is 0.935 bits per heavy atom. The molecule has 0 spiro atoms. The molecule has 0 unspecified atom stereocenters. The van der Waals surface area contributed by atoms with Gasteiger partial charge in [-0.1, -0.05) is 41.9 Å². The van der Waals surface area contributed by atoms with Crippen LogP contribution < -0.4 is 14.8 Å². The number of aromatic amines is 1. The number of H-pyrrole nitrogens is 1. The number of anilines is 1. The molecular weight excluding hydrogens is 416 g/mol. The highest BCUT2D eigenvalue weighted by molar-refractivity contribution is 6.49. The van der Waals surface area contributed by atoms with E-state index in [0.29, 0.717) is 27.4 Å². The molecule has 0 saturated carbocycles. The molecule has 1 heterocycles. The van der Waals surface area contributed by atoms with Crippen molar-refractivity contribution in [2.24, 2.45) is 0 Å². The maximum atomic E-state index is 13.2. The summed E-state index contributed by atoms with van der Waals surface area (Å²) in [6.45, 7) is 0. The van der Waals surface area contributed by atoms with E-state index in [-0.39, 0.29) is 11.3 Å². The minimum atomic E-state index is -0.765. The number of hydrogen-bond donors (Lipinski definition) is 2. The van der Waals surface area contributed by atoms with Gasteiger partial charge in [0, 0.05) is 28.5 Å². The van der Waals surface area contributed by atoms with Crippen molar-refractivity contribution < 1.29 is 19.1 Å². The number of para-hydroxylation sites is 1. The molecule has 0 fully saturated rings. The zero-order chi connectivity index (χ0) is 22.0. The van der Waals surface area contributed by atoms with Crippen LogP contribution >= 0.6 is 11.6 Å². The molecular formula is C24H19ClN2O4. The summed E-state index contributed by atoms with van der Waals surface area (Å²) in [7, 11) is 2.98. The number of methoxy groups -OCH3 is 2. The number of fused-ring (bicyclic) bond motifs is 1. The lowest BCUT2D eigenvalue weighted by molar-refractivity contribution is -0.112. The second kappa shape index (κ2) is 8.53. The number of ether oxygens (including phenoxy) is 2. The molecule has 0 atom stereocenters. The summed E-state index contributed by atoms with van der Waals surface area (Å²) in [5.41, 5.74) is 2.80. The van der Waals surface area contributed by atoms with Crippen molar-refractivity contribution in [3.8, 4) is 22.6 Å². The third kappa shape index (κ3) is 3.85. The lowest BCUT2D eigenvalue weighted by Crippen LogP contribution is -2.23. The molecule has 0 aliphatic heterocycles. The van der Waals surface area contributed by atoms with E-state index in [1.807, 2.05) is 18.2 Å². The van der Waals surface area contributed by atoms with Gasteiger partial charge < -0.3 is 19.8 Å². The minimum absolute atomic E-state index is 0.131. The molecule has 0 aliphatic carbocycles. The largest absolute Gasteiger partial charge is 0.496 e. The van der Waals surface area contributed by atoms with E-state index >= 15 is 0 Å². The van der Waals surface area contributed by atoms with Crippen LogP contribution in [0, 0.1) is 0 Å². The highest BCUT2D eigenvalue weighted by Crippen LogP contribution is 2.41. The smallest absolute Gasteiger partial charge is 0.296 e. The van der Waals surface area contributed by atoms with Gasteiger partial charge in [0.1, 0.15) is 11.5 Å². The van der Waals surface area contributed by atoms with Crippen molar-refractivity contribution in [1.29, 1.82) is 0 Å². The molecule has 7 heteroatoms. The quantitative estimate of drug-likeness (QED) is 0.317. The van der Waals surface area contributed by atoms with Crippen LogP contribution in [-0.2, 0) is 4.79 Å². The van der Waals surface area contributed by atoms with E-state index in [9.17, 15) is 9.59 Å². The summed E-state index contributed by atoms with van der Waals surface area (Å²) >= 11 is 6.02. The normalized spacial score (nSPS) is 10.7. The Morgan fingerprint density at radius 3 is 2.26 bits per heavy atom. The molecule has 3 aromatic carbocycles. The van der Waals surface area contributed by atoms with E-state index in [1.54, 1.807) is 48.7 Å². The average molecular weight is 435 g/mol. The van der Waals surface area contributed by atoms with Crippen molar-refractivity contribution in [2.75, 3.05) is 19.5 Å². The Morgan fingerprint density at radius 2 is 1.61 bits per heavy atom. The van der Waals surface area contributed by atoms with Crippen LogP contribution in [0.5, 0.6) is 11.5 Å². The monoisotopic (exact) mass is 434 g/mol. The molecule has 4 aromatic rings. The third-order valence-electron chi connectivity index (χ3n) is 4.95. The van der Waals surface area contributed by atoms with E-state index < -0.39 is 11.7 Å². The number of rotatable bonds is 6. The zero-order valence-electron chi connectivity index (χ0n) is 16.9. The predicted octanol–water partition coefficient (Wildman–Crippen LogP) is 5.33.